The first-order chi connectivity index (χ1) is 18.2. The average Bonchev–Trinajstić information content (AvgIpc) is 2.84. The number of benzene rings is 3. The summed E-state index contributed by atoms with van der Waals surface area (Å²) in [4.78, 5) is 28.5. The molecule has 0 radical (unpaired) electrons. The minimum absolute atomic E-state index is 0.00160. The lowest BCUT2D eigenvalue weighted by molar-refractivity contribution is -0.140. The number of sulfonamides is 1. The molecule has 1 atom stereocenters. The van der Waals surface area contributed by atoms with Crippen LogP contribution in [-0.2, 0) is 26.2 Å². The van der Waals surface area contributed by atoms with Gasteiger partial charge in [0.1, 0.15) is 12.6 Å². The van der Waals surface area contributed by atoms with Crippen molar-refractivity contribution >= 4 is 55.1 Å². The predicted molar refractivity (Wildman–Crippen MR) is 159 cm³/mol. The van der Waals surface area contributed by atoms with Crippen molar-refractivity contribution in [3.05, 3.63) is 93.4 Å². The molecule has 0 aromatic heterocycles. The van der Waals surface area contributed by atoms with Crippen LogP contribution in [0.4, 0.5) is 5.69 Å². The molecule has 0 saturated carbocycles. The van der Waals surface area contributed by atoms with Crippen LogP contribution in [0.25, 0.3) is 0 Å². The molecule has 0 aliphatic rings. The summed E-state index contributed by atoms with van der Waals surface area (Å²) >= 11 is 9.44. The Morgan fingerprint density at radius 1 is 1.00 bits per heavy atom. The third-order valence-electron chi connectivity index (χ3n) is 5.88. The molecule has 0 heterocycles. The lowest BCUT2D eigenvalue weighted by Crippen LogP contribution is -2.54. The van der Waals surface area contributed by atoms with E-state index in [1.807, 2.05) is 58.0 Å². The second-order valence-electron chi connectivity index (χ2n) is 10.4. The summed E-state index contributed by atoms with van der Waals surface area (Å²) < 4.78 is 29.6. The smallest absolute Gasteiger partial charge is 0.264 e. The molecule has 1 N–H and O–H groups in total. The van der Waals surface area contributed by atoms with Gasteiger partial charge in [-0.25, -0.2) is 8.42 Å². The number of anilines is 1. The molecule has 0 saturated heterocycles. The van der Waals surface area contributed by atoms with Gasteiger partial charge in [0.2, 0.25) is 11.8 Å². The van der Waals surface area contributed by atoms with Gasteiger partial charge in [-0.3, -0.25) is 13.9 Å². The number of hydrogen-bond donors (Lipinski definition) is 1. The molecule has 0 aliphatic carbocycles. The topological polar surface area (TPSA) is 86.8 Å². The van der Waals surface area contributed by atoms with E-state index in [0.29, 0.717) is 10.7 Å². The number of aryl methyl sites for hydroxylation is 1. The van der Waals surface area contributed by atoms with Gasteiger partial charge in [0.15, 0.2) is 0 Å². The van der Waals surface area contributed by atoms with Crippen LogP contribution in [-0.4, -0.2) is 43.3 Å². The van der Waals surface area contributed by atoms with Crippen molar-refractivity contribution in [1.29, 1.82) is 0 Å². The molecule has 39 heavy (non-hydrogen) atoms. The summed E-state index contributed by atoms with van der Waals surface area (Å²) in [7, 11) is -4.15. The molecular formula is C29H33BrClN3O4S. The molecule has 0 unspecified atom stereocenters. The van der Waals surface area contributed by atoms with Crippen molar-refractivity contribution in [2.75, 3.05) is 10.8 Å². The Bertz CT molecular complexity index is 1440. The normalized spacial score (nSPS) is 12.5. The van der Waals surface area contributed by atoms with Crippen LogP contribution in [0.5, 0.6) is 0 Å². The van der Waals surface area contributed by atoms with E-state index >= 15 is 0 Å². The molecule has 3 aromatic carbocycles. The summed E-state index contributed by atoms with van der Waals surface area (Å²) in [6.45, 7) is 8.66. The quantitative estimate of drug-likeness (QED) is 0.316. The molecule has 0 spiro atoms. The highest BCUT2D eigenvalue weighted by atomic mass is 79.9. The average molecular weight is 635 g/mol. The molecule has 208 valence electrons. The van der Waals surface area contributed by atoms with Gasteiger partial charge in [-0.2, -0.15) is 0 Å². The van der Waals surface area contributed by atoms with Gasteiger partial charge in [-0.05, 0) is 94.3 Å². The first-order valence-electron chi connectivity index (χ1n) is 12.4. The minimum Gasteiger partial charge on any atom is -0.350 e. The molecule has 0 aliphatic heterocycles. The van der Waals surface area contributed by atoms with Crippen LogP contribution in [0.1, 0.15) is 38.8 Å². The van der Waals surface area contributed by atoms with E-state index in [2.05, 4.69) is 21.2 Å². The van der Waals surface area contributed by atoms with Crippen molar-refractivity contribution < 1.29 is 18.0 Å². The second-order valence-corrected chi connectivity index (χ2v) is 13.6. The van der Waals surface area contributed by atoms with E-state index in [1.54, 1.807) is 25.1 Å². The predicted octanol–water partition coefficient (Wildman–Crippen LogP) is 5.94. The summed E-state index contributed by atoms with van der Waals surface area (Å²) in [5.74, 6) is -0.862. The Hall–Kier alpha value is -2.88. The number of nitrogens with zero attached hydrogens (tertiary/aromatic N) is 2. The monoisotopic (exact) mass is 633 g/mol. The zero-order chi connectivity index (χ0) is 29.0. The molecule has 0 fully saturated rings. The standard InChI is InChI=1S/C29H33BrClN3O4S/c1-20-8-6-11-25(16-20)34(39(37,38)26-14-12-24(31)13-15-26)19-27(35)33(18-22-9-7-10-23(30)17-22)21(2)28(36)32-29(3,4)5/h6-17,21H,18-19H2,1-5H3,(H,32,36)/t21-/m0/s1. The Balaban J connectivity index is 2.04. The Kier molecular flexibility index (Phi) is 9.85. The summed E-state index contributed by atoms with van der Waals surface area (Å²) in [6, 6.07) is 19.3. The number of amides is 2. The van der Waals surface area contributed by atoms with Crippen LogP contribution in [0, 0.1) is 6.92 Å². The number of hydrogen-bond acceptors (Lipinski definition) is 4. The lowest BCUT2D eigenvalue weighted by atomic mass is 10.1. The molecule has 3 aromatic rings. The first-order valence-corrected chi connectivity index (χ1v) is 15.0. The largest absolute Gasteiger partial charge is 0.350 e. The van der Waals surface area contributed by atoms with E-state index < -0.39 is 34.1 Å². The van der Waals surface area contributed by atoms with Crippen molar-refractivity contribution in [1.82, 2.24) is 10.2 Å². The van der Waals surface area contributed by atoms with E-state index in [0.717, 1.165) is 19.9 Å². The Morgan fingerprint density at radius 2 is 1.64 bits per heavy atom. The fourth-order valence-electron chi connectivity index (χ4n) is 3.93. The molecule has 10 heteroatoms. The van der Waals surface area contributed by atoms with Gasteiger partial charge >= 0.3 is 0 Å². The van der Waals surface area contributed by atoms with Gasteiger partial charge in [-0.15, -0.1) is 0 Å². The second kappa shape index (κ2) is 12.5. The first kappa shape index (κ1) is 30.7. The third-order valence-corrected chi connectivity index (χ3v) is 8.41. The molecule has 2 amide bonds. The summed E-state index contributed by atoms with van der Waals surface area (Å²) in [5, 5.41) is 3.31. The van der Waals surface area contributed by atoms with E-state index in [4.69, 9.17) is 11.6 Å². The fourth-order valence-corrected chi connectivity index (χ4v) is 5.91. The summed E-state index contributed by atoms with van der Waals surface area (Å²) in [5.41, 5.74) is 1.45. The SMILES string of the molecule is Cc1cccc(N(CC(=O)N(Cc2cccc(Br)c2)[C@@H](C)C(=O)NC(C)(C)C)S(=O)(=O)c2ccc(Cl)cc2)c1. The highest BCUT2D eigenvalue weighted by molar-refractivity contribution is 9.10. The molecular weight excluding hydrogens is 602 g/mol. The summed E-state index contributed by atoms with van der Waals surface area (Å²) in [6.07, 6.45) is 0. The highest BCUT2D eigenvalue weighted by Gasteiger charge is 2.33. The van der Waals surface area contributed by atoms with Crippen LogP contribution in [0.2, 0.25) is 5.02 Å². The minimum atomic E-state index is -4.15. The maximum absolute atomic E-state index is 14.0. The van der Waals surface area contributed by atoms with Crippen molar-refractivity contribution in [2.45, 2.75) is 57.6 Å². The molecule has 3 rings (SSSR count). The van der Waals surface area contributed by atoms with E-state index in [1.165, 1.54) is 29.2 Å². The zero-order valence-electron chi connectivity index (χ0n) is 22.6. The van der Waals surface area contributed by atoms with Crippen molar-refractivity contribution in [3.63, 3.8) is 0 Å². The van der Waals surface area contributed by atoms with Crippen molar-refractivity contribution in [2.24, 2.45) is 0 Å². The van der Waals surface area contributed by atoms with Gasteiger partial charge in [0, 0.05) is 21.6 Å². The van der Waals surface area contributed by atoms with E-state index in [-0.39, 0.29) is 17.3 Å². The highest BCUT2D eigenvalue weighted by Crippen LogP contribution is 2.26. The number of nitrogens with one attached hydrogen (secondary N) is 1. The molecule has 7 nitrogen and oxygen atoms in total. The third kappa shape index (κ3) is 8.30. The maximum Gasteiger partial charge on any atom is 0.264 e. The lowest BCUT2D eigenvalue weighted by Gasteiger charge is -2.33. The van der Waals surface area contributed by atoms with E-state index in [9.17, 15) is 18.0 Å². The maximum atomic E-state index is 14.0. The van der Waals surface area contributed by atoms with Gasteiger partial charge < -0.3 is 10.2 Å². The Morgan fingerprint density at radius 3 is 2.23 bits per heavy atom. The number of halogens is 2. The number of carbonyl (C=O) groups is 2. The Labute approximate surface area is 244 Å². The van der Waals surface area contributed by atoms with Crippen LogP contribution in [0.3, 0.4) is 0 Å². The van der Waals surface area contributed by atoms with Crippen LogP contribution >= 0.6 is 27.5 Å². The zero-order valence-corrected chi connectivity index (χ0v) is 25.8. The molecule has 0 bridgehead atoms. The van der Waals surface area contributed by atoms with Gasteiger partial charge in [0.25, 0.3) is 10.0 Å². The van der Waals surface area contributed by atoms with Crippen LogP contribution < -0.4 is 9.62 Å². The van der Waals surface area contributed by atoms with Crippen molar-refractivity contribution in [3.8, 4) is 0 Å². The van der Waals surface area contributed by atoms with Gasteiger partial charge in [-0.1, -0.05) is 51.8 Å². The number of rotatable bonds is 9. The fraction of sp³-hybridized carbons (Fsp3) is 0.310. The number of carbonyl (C=O) groups excluding carboxylic acids is 2. The van der Waals surface area contributed by atoms with Crippen LogP contribution in [0.15, 0.2) is 82.2 Å². The van der Waals surface area contributed by atoms with Gasteiger partial charge in [0.05, 0.1) is 10.6 Å².